The van der Waals surface area contributed by atoms with Crippen molar-refractivity contribution in [1.82, 2.24) is 4.90 Å². The molecule has 0 aromatic carbocycles. The van der Waals surface area contributed by atoms with Gasteiger partial charge in [-0.1, -0.05) is 6.42 Å². The second-order valence-electron chi connectivity index (χ2n) is 4.89. The van der Waals surface area contributed by atoms with Gasteiger partial charge in [0.15, 0.2) is 0 Å². The maximum atomic E-state index is 5.47. The maximum absolute atomic E-state index is 5.47. The molecule has 14 heavy (non-hydrogen) atoms. The molecule has 0 aromatic rings. The first kappa shape index (κ1) is 12.0. The van der Waals surface area contributed by atoms with E-state index in [-0.39, 0.29) is 5.60 Å². The van der Waals surface area contributed by atoms with Gasteiger partial charge in [-0.05, 0) is 33.6 Å². The lowest BCUT2D eigenvalue weighted by Gasteiger charge is -2.27. The van der Waals surface area contributed by atoms with E-state index in [1.807, 2.05) is 20.8 Å². The predicted molar refractivity (Wildman–Crippen MR) is 57.1 cm³/mol. The van der Waals surface area contributed by atoms with Gasteiger partial charge in [0.25, 0.3) is 0 Å². The first-order valence-corrected chi connectivity index (χ1v) is 5.52. The summed E-state index contributed by atoms with van der Waals surface area (Å²) in [6.07, 6.45) is 3.99. The molecule has 3 heteroatoms. The Labute approximate surface area is 87.4 Å². The van der Waals surface area contributed by atoms with E-state index < -0.39 is 0 Å². The summed E-state index contributed by atoms with van der Waals surface area (Å²) in [5.41, 5.74) is -0.0953. The fourth-order valence-corrected chi connectivity index (χ4v) is 1.47. The van der Waals surface area contributed by atoms with Crippen LogP contribution in [0.5, 0.6) is 0 Å². The lowest BCUT2D eigenvalue weighted by molar-refractivity contribution is -0.142. The highest BCUT2D eigenvalue weighted by Crippen LogP contribution is 2.09. The second-order valence-corrected chi connectivity index (χ2v) is 4.89. The van der Waals surface area contributed by atoms with Crippen LogP contribution in [0, 0.1) is 0 Å². The molecule has 1 fully saturated rings. The molecule has 0 saturated carbocycles. The van der Waals surface area contributed by atoms with E-state index in [9.17, 15) is 0 Å². The molecule has 0 bridgehead atoms. The normalized spacial score (nSPS) is 19.9. The van der Waals surface area contributed by atoms with Crippen molar-refractivity contribution >= 4 is 0 Å². The fourth-order valence-electron chi connectivity index (χ4n) is 1.47. The van der Waals surface area contributed by atoms with Crippen molar-refractivity contribution in [2.45, 2.75) is 45.6 Å². The number of rotatable bonds is 4. The summed E-state index contributed by atoms with van der Waals surface area (Å²) < 4.78 is 10.9. The van der Waals surface area contributed by atoms with Crippen LogP contribution in [0.4, 0.5) is 0 Å². The smallest absolute Gasteiger partial charge is 0.149 e. The van der Waals surface area contributed by atoms with Gasteiger partial charge in [-0.2, -0.15) is 0 Å². The van der Waals surface area contributed by atoms with Crippen molar-refractivity contribution in [3.63, 3.8) is 0 Å². The van der Waals surface area contributed by atoms with Gasteiger partial charge in [0.2, 0.25) is 0 Å². The quantitative estimate of drug-likeness (QED) is 0.514. The van der Waals surface area contributed by atoms with Gasteiger partial charge in [-0.25, -0.2) is 0 Å². The van der Waals surface area contributed by atoms with E-state index in [1.54, 1.807) is 0 Å². The molecule has 1 aliphatic heterocycles. The number of ether oxygens (including phenoxy) is 2. The van der Waals surface area contributed by atoms with E-state index in [1.165, 1.54) is 32.4 Å². The van der Waals surface area contributed by atoms with Crippen LogP contribution in [-0.4, -0.2) is 37.1 Å². The molecular formula is C11H23NO2. The zero-order chi connectivity index (χ0) is 10.4. The first-order chi connectivity index (χ1) is 6.58. The Morgan fingerprint density at radius 2 is 1.71 bits per heavy atom. The van der Waals surface area contributed by atoms with E-state index in [0.717, 1.165) is 6.73 Å². The van der Waals surface area contributed by atoms with Crippen LogP contribution >= 0.6 is 0 Å². The molecule has 0 aliphatic carbocycles. The molecule has 1 heterocycles. The zero-order valence-corrected chi connectivity index (χ0v) is 9.71. The summed E-state index contributed by atoms with van der Waals surface area (Å²) in [7, 11) is 0. The minimum Gasteiger partial charge on any atom is -0.350 e. The average Bonchev–Trinajstić information content (AvgIpc) is 2.13. The van der Waals surface area contributed by atoms with Gasteiger partial charge in [-0.3, -0.25) is 4.90 Å². The largest absolute Gasteiger partial charge is 0.350 e. The van der Waals surface area contributed by atoms with Crippen LogP contribution in [-0.2, 0) is 9.47 Å². The predicted octanol–water partition coefficient (Wildman–Crippen LogP) is 2.22. The second kappa shape index (κ2) is 5.69. The number of nitrogens with zero attached hydrogens (tertiary/aromatic N) is 1. The fraction of sp³-hybridized carbons (Fsp3) is 1.00. The molecule has 1 aliphatic rings. The van der Waals surface area contributed by atoms with Gasteiger partial charge in [0.1, 0.15) is 13.5 Å². The van der Waals surface area contributed by atoms with Crippen LogP contribution in [0.2, 0.25) is 0 Å². The average molecular weight is 201 g/mol. The zero-order valence-electron chi connectivity index (χ0n) is 9.71. The lowest BCUT2D eigenvalue weighted by atomic mass is 10.1. The third kappa shape index (κ3) is 5.58. The van der Waals surface area contributed by atoms with Gasteiger partial charge < -0.3 is 9.47 Å². The van der Waals surface area contributed by atoms with Gasteiger partial charge in [0, 0.05) is 13.1 Å². The first-order valence-electron chi connectivity index (χ1n) is 5.52. The Hall–Kier alpha value is -0.120. The number of piperidine rings is 1. The van der Waals surface area contributed by atoms with Crippen molar-refractivity contribution in [2.75, 3.05) is 26.6 Å². The Bertz CT molecular complexity index is 148. The standard InChI is InChI=1S/C11H23NO2/c1-11(2,3)14-10-13-9-12-7-5-4-6-8-12/h4-10H2,1-3H3. The summed E-state index contributed by atoms with van der Waals surface area (Å²) in [4.78, 5) is 2.34. The molecule has 0 aromatic heterocycles. The molecule has 0 atom stereocenters. The highest BCUT2D eigenvalue weighted by atomic mass is 16.7. The minimum atomic E-state index is -0.0953. The summed E-state index contributed by atoms with van der Waals surface area (Å²) in [6.45, 7) is 9.59. The molecular weight excluding hydrogens is 178 g/mol. The van der Waals surface area contributed by atoms with E-state index in [4.69, 9.17) is 9.47 Å². The minimum absolute atomic E-state index is 0.0953. The van der Waals surface area contributed by atoms with Gasteiger partial charge >= 0.3 is 0 Å². The summed E-state index contributed by atoms with van der Waals surface area (Å²) >= 11 is 0. The van der Waals surface area contributed by atoms with Gasteiger partial charge in [0.05, 0.1) is 5.60 Å². The van der Waals surface area contributed by atoms with E-state index in [0.29, 0.717) is 6.79 Å². The highest BCUT2D eigenvalue weighted by molar-refractivity contribution is 4.61. The van der Waals surface area contributed by atoms with Crippen LogP contribution in [0.3, 0.4) is 0 Å². The molecule has 1 rings (SSSR count). The molecule has 0 spiro atoms. The van der Waals surface area contributed by atoms with Crippen molar-refractivity contribution in [1.29, 1.82) is 0 Å². The summed E-state index contributed by atoms with van der Waals surface area (Å²) in [6, 6.07) is 0. The molecule has 0 unspecified atom stereocenters. The lowest BCUT2D eigenvalue weighted by Crippen LogP contribution is -2.33. The van der Waals surface area contributed by atoms with Crippen LogP contribution in [0.1, 0.15) is 40.0 Å². The molecule has 3 nitrogen and oxygen atoms in total. The van der Waals surface area contributed by atoms with E-state index >= 15 is 0 Å². The molecule has 1 saturated heterocycles. The third-order valence-electron chi connectivity index (χ3n) is 2.30. The van der Waals surface area contributed by atoms with Crippen molar-refractivity contribution < 1.29 is 9.47 Å². The topological polar surface area (TPSA) is 21.7 Å². The number of hydrogen-bond acceptors (Lipinski definition) is 3. The molecule has 0 amide bonds. The van der Waals surface area contributed by atoms with Crippen molar-refractivity contribution in [3.05, 3.63) is 0 Å². The van der Waals surface area contributed by atoms with Crippen LogP contribution < -0.4 is 0 Å². The molecule has 84 valence electrons. The number of hydrogen-bond donors (Lipinski definition) is 0. The monoisotopic (exact) mass is 201 g/mol. The van der Waals surface area contributed by atoms with Crippen molar-refractivity contribution in [2.24, 2.45) is 0 Å². The highest BCUT2D eigenvalue weighted by Gasteiger charge is 2.12. The van der Waals surface area contributed by atoms with Gasteiger partial charge in [-0.15, -0.1) is 0 Å². The number of likely N-dealkylation sites (tertiary alicyclic amines) is 1. The van der Waals surface area contributed by atoms with Crippen LogP contribution in [0.15, 0.2) is 0 Å². The Morgan fingerprint density at radius 1 is 1.07 bits per heavy atom. The molecule has 0 N–H and O–H groups in total. The maximum Gasteiger partial charge on any atom is 0.149 e. The van der Waals surface area contributed by atoms with Crippen molar-refractivity contribution in [3.8, 4) is 0 Å². The Kier molecular flexibility index (Phi) is 4.85. The third-order valence-corrected chi connectivity index (χ3v) is 2.30. The Balaban J connectivity index is 1.97. The molecule has 0 radical (unpaired) electrons. The SMILES string of the molecule is CC(C)(C)OCOCN1CCCCC1. The Morgan fingerprint density at radius 3 is 2.29 bits per heavy atom. The van der Waals surface area contributed by atoms with E-state index in [2.05, 4.69) is 4.90 Å². The van der Waals surface area contributed by atoms with Crippen LogP contribution in [0.25, 0.3) is 0 Å². The summed E-state index contributed by atoms with van der Waals surface area (Å²) in [5, 5.41) is 0. The summed E-state index contributed by atoms with van der Waals surface area (Å²) in [5.74, 6) is 0.